The molecule has 4 rings (SSSR count). The molecule has 0 amide bonds. The van der Waals surface area contributed by atoms with Gasteiger partial charge in [-0.05, 0) is 36.8 Å². The summed E-state index contributed by atoms with van der Waals surface area (Å²) in [7, 11) is 1.86. The van der Waals surface area contributed by atoms with E-state index in [0.717, 1.165) is 22.5 Å². The number of ether oxygens (including phenoxy) is 1. The number of nitriles is 1. The fraction of sp³-hybridized carbons (Fsp3) is 0.250. The van der Waals surface area contributed by atoms with Gasteiger partial charge < -0.3 is 10.1 Å². The summed E-state index contributed by atoms with van der Waals surface area (Å²) in [6.45, 7) is 4.20. The number of tetrazole rings is 1. The summed E-state index contributed by atoms with van der Waals surface area (Å²) in [6, 6.07) is 7.52. The fourth-order valence-corrected chi connectivity index (χ4v) is 3.03. The molecular formula is C20H20N10O. The average molecular weight is 416 g/mol. The van der Waals surface area contributed by atoms with Crippen molar-refractivity contribution in [1.29, 1.82) is 5.26 Å². The van der Waals surface area contributed by atoms with Crippen molar-refractivity contribution in [2.75, 3.05) is 5.32 Å². The van der Waals surface area contributed by atoms with Gasteiger partial charge in [0.25, 0.3) is 0 Å². The summed E-state index contributed by atoms with van der Waals surface area (Å²) in [5.74, 6) is 0.944. The van der Waals surface area contributed by atoms with Crippen LogP contribution in [0.15, 0.2) is 43.1 Å². The van der Waals surface area contributed by atoms with Crippen LogP contribution < -0.4 is 10.1 Å². The lowest BCUT2D eigenvalue weighted by atomic mass is 10.1. The predicted octanol–water partition coefficient (Wildman–Crippen LogP) is 2.25. The molecule has 3 heterocycles. The maximum atomic E-state index is 9.44. The number of hydrogen-bond acceptors (Lipinski definition) is 9. The molecule has 1 aromatic carbocycles. The predicted molar refractivity (Wildman–Crippen MR) is 111 cm³/mol. The van der Waals surface area contributed by atoms with E-state index in [0.29, 0.717) is 23.8 Å². The minimum absolute atomic E-state index is 0.262. The third kappa shape index (κ3) is 4.64. The Bertz CT molecular complexity index is 1210. The van der Waals surface area contributed by atoms with Gasteiger partial charge in [0, 0.05) is 31.2 Å². The summed E-state index contributed by atoms with van der Waals surface area (Å²) in [6.07, 6.45) is 6.40. The number of aryl methyl sites for hydroxylation is 2. The highest BCUT2D eigenvalue weighted by Crippen LogP contribution is 2.28. The Morgan fingerprint density at radius 2 is 2.03 bits per heavy atom. The second kappa shape index (κ2) is 8.58. The van der Waals surface area contributed by atoms with Crippen molar-refractivity contribution < 1.29 is 4.74 Å². The Morgan fingerprint density at radius 1 is 1.23 bits per heavy atom. The van der Waals surface area contributed by atoms with Crippen LogP contribution >= 0.6 is 0 Å². The maximum Gasteiger partial charge on any atom is 0.227 e. The van der Waals surface area contributed by atoms with Crippen LogP contribution in [0.5, 0.6) is 5.75 Å². The van der Waals surface area contributed by atoms with Crippen molar-refractivity contribution >= 4 is 11.6 Å². The van der Waals surface area contributed by atoms with Crippen LogP contribution in [0.1, 0.15) is 18.2 Å². The van der Waals surface area contributed by atoms with E-state index in [1.165, 1.54) is 11.1 Å². The van der Waals surface area contributed by atoms with Gasteiger partial charge in [0.2, 0.25) is 5.95 Å². The smallest absolute Gasteiger partial charge is 0.227 e. The molecule has 0 radical (unpaired) electrons. The first-order chi connectivity index (χ1) is 15.0. The molecule has 0 spiro atoms. The van der Waals surface area contributed by atoms with Crippen molar-refractivity contribution in [2.24, 2.45) is 7.05 Å². The highest BCUT2D eigenvalue weighted by atomic mass is 16.5. The molecule has 0 aliphatic rings. The normalized spacial score (nSPS) is 11.7. The molecule has 156 valence electrons. The Kier molecular flexibility index (Phi) is 5.53. The van der Waals surface area contributed by atoms with Crippen LogP contribution in [0.2, 0.25) is 0 Å². The number of hydrogen-bond donors (Lipinski definition) is 1. The molecule has 11 heteroatoms. The average Bonchev–Trinajstić information content (AvgIpc) is 3.37. The van der Waals surface area contributed by atoms with Gasteiger partial charge in [0.1, 0.15) is 17.9 Å². The molecule has 1 N–H and O–H groups in total. The highest BCUT2D eigenvalue weighted by Gasteiger charge is 2.13. The fourth-order valence-electron chi connectivity index (χ4n) is 3.03. The number of aromatic nitrogens is 8. The molecule has 0 aliphatic carbocycles. The van der Waals surface area contributed by atoms with Crippen molar-refractivity contribution in [2.45, 2.75) is 26.5 Å². The molecule has 0 saturated carbocycles. The number of benzene rings is 1. The van der Waals surface area contributed by atoms with E-state index in [1.54, 1.807) is 29.2 Å². The van der Waals surface area contributed by atoms with E-state index >= 15 is 0 Å². The van der Waals surface area contributed by atoms with Gasteiger partial charge in [-0.2, -0.15) is 15.2 Å². The quantitative estimate of drug-likeness (QED) is 0.481. The molecule has 0 fully saturated rings. The Balaban J connectivity index is 1.51. The van der Waals surface area contributed by atoms with Crippen molar-refractivity contribution in [1.82, 2.24) is 40.0 Å². The number of nitrogens with one attached hydrogen (secondary N) is 1. The molecule has 0 unspecified atom stereocenters. The third-order valence-electron chi connectivity index (χ3n) is 4.49. The minimum atomic E-state index is -0.262. The Labute approximate surface area is 178 Å². The number of rotatable bonds is 7. The van der Waals surface area contributed by atoms with Gasteiger partial charge in [-0.15, -0.1) is 10.2 Å². The van der Waals surface area contributed by atoms with Crippen LogP contribution in [-0.2, 0) is 13.6 Å². The lowest BCUT2D eigenvalue weighted by Gasteiger charge is -2.16. The van der Waals surface area contributed by atoms with Crippen LogP contribution in [0.25, 0.3) is 11.1 Å². The van der Waals surface area contributed by atoms with Gasteiger partial charge in [-0.1, -0.05) is 6.07 Å². The number of nitrogens with zero attached hydrogens (tertiary/aromatic N) is 9. The monoisotopic (exact) mass is 416 g/mol. The first-order valence-corrected chi connectivity index (χ1v) is 9.53. The van der Waals surface area contributed by atoms with Crippen LogP contribution in [0.4, 0.5) is 11.6 Å². The van der Waals surface area contributed by atoms with E-state index in [-0.39, 0.29) is 6.10 Å². The Morgan fingerprint density at radius 3 is 2.68 bits per heavy atom. The molecule has 4 aromatic rings. The summed E-state index contributed by atoms with van der Waals surface area (Å²) in [5, 5.41) is 28.4. The van der Waals surface area contributed by atoms with Gasteiger partial charge in [0.15, 0.2) is 6.33 Å². The molecule has 0 aliphatic heterocycles. The van der Waals surface area contributed by atoms with Crippen LogP contribution in [0.3, 0.4) is 0 Å². The topological polar surface area (TPSA) is 132 Å². The lowest BCUT2D eigenvalue weighted by molar-refractivity contribution is 0.185. The Hall–Kier alpha value is -4.33. The largest absolute Gasteiger partial charge is 0.487 e. The van der Waals surface area contributed by atoms with E-state index in [2.05, 4.69) is 41.9 Å². The summed E-state index contributed by atoms with van der Waals surface area (Å²) < 4.78 is 7.70. The molecule has 3 aromatic heterocycles. The zero-order chi connectivity index (χ0) is 21.8. The maximum absolute atomic E-state index is 9.44. The molecule has 11 nitrogen and oxygen atoms in total. The third-order valence-corrected chi connectivity index (χ3v) is 4.49. The van der Waals surface area contributed by atoms with E-state index in [4.69, 9.17) is 4.74 Å². The van der Waals surface area contributed by atoms with Gasteiger partial charge >= 0.3 is 0 Å². The SMILES string of the molecule is Cc1nn(C)cc1Nc1ncc(-c2ccc(C#N)c(O[C@@H](C)Cn3ncnn3)c2)cn1. The first kappa shape index (κ1) is 20.0. The lowest BCUT2D eigenvalue weighted by Crippen LogP contribution is -2.21. The van der Waals surface area contributed by atoms with Crippen LogP contribution in [-0.4, -0.2) is 46.1 Å². The summed E-state index contributed by atoms with van der Waals surface area (Å²) in [5.41, 5.74) is 3.78. The zero-order valence-corrected chi connectivity index (χ0v) is 17.3. The van der Waals surface area contributed by atoms with Crippen LogP contribution in [0, 0.1) is 18.3 Å². The van der Waals surface area contributed by atoms with Gasteiger partial charge in [-0.25, -0.2) is 9.97 Å². The molecule has 31 heavy (non-hydrogen) atoms. The van der Waals surface area contributed by atoms with E-state index < -0.39 is 0 Å². The molecule has 1 atom stereocenters. The molecular weight excluding hydrogens is 396 g/mol. The molecule has 0 saturated heterocycles. The van der Waals surface area contributed by atoms with Gasteiger partial charge in [0.05, 0.1) is 23.5 Å². The van der Waals surface area contributed by atoms with E-state index in [9.17, 15) is 5.26 Å². The van der Waals surface area contributed by atoms with Crippen molar-refractivity contribution in [3.63, 3.8) is 0 Å². The second-order valence-electron chi connectivity index (χ2n) is 6.96. The summed E-state index contributed by atoms with van der Waals surface area (Å²) >= 11 is 0. The second-order valence-corrected chi connectivity index (χ2v) is 6.96. The summed E-state index contributed by atoms with van der Waals surface area (Å²) in [4.78, 5) is 10.2. The standard InChI is InChI=1S/C20H20N10O/c1-13(10-30-25-12-24-28-30)31-19-6-15(4-5-16(19)7-21)17-8-22-20(23-9-17)26-18-11-29(3)27-14(18)2/h4-6,8-9,11-13H,10H2,1-3H3,(H,22,23,26)/t13-/m0/s1. The highest BCUT2D eigenvalue weighted by molar-refractivity contribution is 5.67. The van der Waals surface area contributed by atoms with E-state index in [1.807, 2.05) is 33.2 Å². The molecule has 0 bridgehead atoms. The first-order valence-electron chi connectivity index (χ1n) is 9.53. The van der Waals surface area contributed by atoms with Crippen molar-refractivity contribution in [3.05, 3.63) is 54.4 Å². The van der Waals surface area contributed by atoms with Crippen molar-refractivity contribution in [3.8, 4) is 22.9 Å². The minimum Gasteiger partial charge on any atom is -0.487 e. The number of anilines is 2. The van der Waals surface area contributed by atoms with Gasteiger partial charge in [-0.3, -0.25) is 4.68 Å². The zero-order valence-electron chi connectivity index (χ0n) is 17.3.